The molecule has 8 heteroatoms. The zero-order chi connectivity index (χ0) is 19.2. The topological polar surface area (TPSA) is 89.6 Å². The third-order valence-electron chi connectivity index (χ3n) is 4.77. The molecule has 0 unspecified atom stereocenters. The maximum atomic E-state index is 12.9. The van der Waals surface area contributed by atoms with Crippen LogP contribution in [0.5, 0.6) is 0 Å². The first-order valence-corrected chi connectivity index (χ1v) is 10.5. The van der Waals surface area contributed by atoms with Crippen LogP contribution in [0.2, 0.25) is 0 Å². The number of amides is 1. The monoisotopic (exact) mass is 386 g/mol. The van der Waals surface area contributed by atoms with Gasteiger partial charge in [-0.15, -0.1) is 0 Å². The molecule has 1 aliphatic heterocycles. The standard InChI is InChI=1S/C19H18N2O5S/c1-27(24,25)14-8-9-15-13(11-14)5-4-10-20(15)18(22)12-21-16-6-2-3-7-17(16)26-19(21)23/h2-3,6-9,11H,4-5,10,12H2,1H3. The van der Waals surface area contributed by atoms with E-state index in [1.54, 1.807) is 41.3 Å². The number of oxazole rings is 1. The molecule has 2 aromatic carbocycles. The average molecular weight is 386 g/mol. The number of aromatic nitrogens is 1. The molecule has 0 N–H and O–H groups in total. The van der Waals surface area contributed by atoms with Crippen molar-refractivity contribution in [2.75, 3.05) is 17.7 Å². The van der Waals surface area contributed by atoms with Crippen molar-refractivity contribution in [1.82, 2.24) is 4.57 Å². The van der Waals surface area contributed by atoms with E-state index in [9.17, 15) is 18.0 Å². The van der Waals surface area contributed by atoms with Crippen molar-refractivity contribution in [2.24, 2.45) is 0 Å². The van der Waals surface area contributed by atoms with Crippen LogP contribution in [0.4, 0.5) is 5.69 Å². The number of aryl methyl sites for hydroxylation is 1. The molecular weight excluding hydrogens is 368 g/mol. The van der Waals surface area contributed by atoms with Crippen LogP contribution in [0.1, 0.15) is 12.0 Å². The molecule has 1 aliphatic rings. The minimum atomic E-state index is -3.31. The smallest absolute Gasteiger partial charge is 0.408 e. The molecular formula is C19H18N2O5S. The molecule has 0 fully saturated rings. The fourth-order valence-electron chi connectivity index (χ4n) is 3.45. The minimum Gasteiger partial charge on any atom is -0.408 e. The first kappa shape index (κ1) is 17.5. The largest absolute Gasteiger partial charge is 0.420 e. The Bertz CT molecular complexity index is 1210. The maximum Gasteiger partial charge on any atom is 0.420 e. The second-order valence-corrected chi connectivity index (χ2v) is 8.65. The number of hydrogen-bond donors (Lipinski definition) is 0. The summed E-state index contributed by atoms with van der Waals surface area (Å²) in [5.41, 5.74) is 2.52. The minimum absolute atomic E-state index is 0.136. The fraction of sp³-hybridized carbons (Fsp3) is 0.263. The molecule has 0 atom stereocenters. The predicted octanol–water partition coefficient (Wildman–Crippen LogP) is 1.98. The van der Waals surface area contributed by atoms with Gasteiger partial charge in [0.1, 0.15) is 6.54 Å². The molecule has 0 radical (unpaired) electrons. The number of fused-ring (bicyclic) bond motifs is 2. The van der Waals surface area contributed by atoms with E-state index in [-0.39, 0.29) is 17.3 Å². The zero-order valence-corrected chi connectivity index (χ0v) is 15.5. The summed E-state index contributed by atoms with van der Waals surface area (Å²) in [6.45, 7) is 0.387. The number of carbonyl (C=O) groups is 1. The fourth-order valence-corrected chi connectivity index (χ4v) is 4.12. The van der Waals surface area contributed by atoms with Gasteiger partial charge in [0, 0.05) is 18.5 Å². The second-order valence-electron chi connectivity index (χ2n) is 6.63. The van der Waals surface area contributed by atoms with Gasteiger partial charge in [-0.25, -0.2) is 13.2 Å². The van der Waals surface area contributed by atoms with Gasteiger partial charge in [-0.1, -0.05) is 12.1 Å². The van der Waals surface area contributed by atoms with Gasteiger partial charge in [0.15, 0.2) is 15.4 Å². The van der Waals surface area contributed by atoms with E-state index < -0.39 is 15.6 Å². The van der Waals surface area contributed by atoms with Crippen molar-refractivity contribution >= 4 is 32.5 Å². The van der Waals surface area contributed by atoms with E-state index in [0.29, 0.717) is 29.8 Å². The van der Waals surface area contributed by atoms with Crippen LogP contribution in [-0.4, -0.2) is 31.7 Å². The highest BCUT2D eigenvalue weighted by Gasteiger charge is 2.25. The lowest BCUT2D eigenvalue weighted by Gasteiger charge is -2.30. The number of para-hydroxylation sites is 2. The molecule has 0 saturated heterocycles. The Kier molecular flexibility index (Phi) is 4.15. The molecule has 140 valence electrons. The van der Waals surface area contributed by atoms with Gasteiger partial charge in [0.2, 0.25) is 5.91 Å². The Hall–Kier alpha value is -2.87. The number of anilines is 1. The van der Waals surface area contributed by atoms with Crippen molar-refractivity contribution in [3.63, 3.8) is 0 Å². The normalized spacial score (nSPS) is 14.3. The summed E-state index contributed by atoms with van der Waals surface area (Å²) in [4.78, 5) is 26.9. The molecule has 27 heavy (non-hydrogen) atoms. The Labute approximate surface area is 155 Å². The molecule has 3 aromatic rings. The predicted molar refractivity (Wildman–Crippen MR) is 101 cm³/mol. The number of benzene rings is 2. The lowest BCUT2D eigenvalue weighted by atomic mass is 10.0. The highest BCUT2D eigenvalue weighted by atomic mass is 32.2. The number of carbonyl (C=O) groups excluding carboxylic acids is 1. The Morgan fingerprint density at radius 3 is 2.74 bits per heavy atom. The SMILES string of the molecule is CS(=O)(=O)c1ccc2c(c1)CCCN2C(=O)Cn1c(=O)oc2ccccc21. The summed E-state index contributed by atoms with van der Waals surface area (Å²) in [7, 11) is -3.31. The molecule has 7 nitrogen and oxygen atoms in total. The van der Waals surface area contributed by atoms with Gasteiger partial charge in [-0.3, -0.25) is 9.36 Å². The van der Waals surface area contributed by atoms with Gasteiger partial charge in [0.25, 0.3) is 0 Å². The van der Waals surface area contributed by atoms with Crippen molar-refractivity contribution in [3.8, 4) is 0 Å². The average Bonchev–Trinajstić information content (AvgIpc) is 2.95. The first-order chi connectivity index (χ1) is 12.8. The van der Waals surface area contributed by atoms with Crippen LogP contribution in [-0.2, 0) is 27.6 Å². The van der Waals surface area contributed by atoms with E-state index in [0.717, 1.165) is 18.2 Å². The third-order valence-corrected chi connectivity index (χ3v) is 5.88. The van der Waals surface area contributed by atoms with E-state index in [2.05, 4.69) is 0 Å². The van der Waals surface area contributed by atoms with E-state index >= 15 is 0 Å². The highest BCUT2D eigenvalue weighted by molar-refractivity contribution is 7.90. The number of nitrogens with zero attached hydrogens (tertiary/aromatic N) is 2. The second kappa shape index (κ2) is 6.38. The van der Waals surface area contributed by atoms with Crippen molar-refractivity contribution in [2.45, 2.75) is 24.3 Å². The van der Waals surface area contributed by atoms with Crippen molar-refractivity contribution in [3.05, 3.63) is 58.6 Å². The van der Waals surface area contributed by atoms with Crippen molar-refractivity contribution < 1.29 is 17.6 Å². The molecule has 0 spiro atoms. The summed E-state index contributed by atoms with van der Waals surface area (Å²) in [6, 6.07) is 11.8. The first-order valence-electron chi connectivity index (χ1n) is 8.56. The molecule has 2 heterocycles. The molecule has 0 aliphatic carbocycles. The van der Waals surface area contributed by atoms with Gasteiger partial charge < -0.3 is 9.32 Å². The molecule has 1 amide bonds. The van der Waals surface area contributed by atoms with Gasteiger partial charge >= 0.3 is 5.76 Å². The zero-order valence-electron chi connectivity index (χ0n) is 14.7. The molecule has 0 saturated carbocycles. The van der Waals surface area contributed by atoms with Crippen LogP contribution >= 0.6 is 0 Å². The van der Waals surface area contributed by atoms with Crippen LogP contribution in [0, 0.1) is 0 Å². The number of hydrogen-bond acceptors (Lipinski definition) is 5. The Morgan fingerprint density at radius 1 is 1.19 bits per heavy atom. The summed E-state index contributed by atoms with van der Waals surface area (Å²) in [6.07, 6.45) is 2.60. The van der Waals surface area contributed by atoms with Gasteiger partial charge in [0.05, 0.1) is 10.4 Å². The third kappa shape index (κ3) is 3.16. The molecule has 0 bridgehead atoms. The van der Waals surface area contributed by atoms with Crippen LogP contribution in [0.25, 0.3) is 11.1 Å². The van der Waals surface area contributed by atoms with Crippen molar-refractivity contribution in [1.29, 1.82) is 0 Å². The van der Waals surface area contributed by atoms with E-state index in [1.807, 2.05) is 0 Å². The molecule has 1 aromatic heterocycles. The van der Waals surface area contributed by atoms with E-state index in [1.165, 1.54) is 10.6 Å². The lowest BCUT2D eigenvalue weighted by molar-refractivity contribution is -0.119. The maximum absolute atomic E-state index is 12.9. The van der Waals surface area contributed by atoms with Crippen LogP contribution in [0.15, 0.2) is 56.6 Å². The Morgan fingerprint density at radius 2 is 1.96 bits per heavy atom. The summed E-state index contributed by atoms with van der Waals surface area (Å²) in [5.74, 6) is -0.814. The molecule has 4 rings (SSSR count). The number of rotatable bonds is 3. The summed E-state index contributed by atoms with van der Waals surface area (Å²) in [5, 5.41) is 0. The lowest BCUT2D eigenvalue weighted by Crippen LogP contribution is -2.39. The van der Waals surface area contributed by atoms with Crippen LogP contribution in [0.3, 0.4) is 0 Å². The summed E-state index contributed by atoms with van der Waals surface area (Å²) < 4.78 is 30.1. The van der Waals surface area contributed by atoms with Gasteiger partial charge in [-0.2, -0.15) is 0 Å². The van der Waals surface area contributed by atoms with E-state index in [4.69, 9.17) is 4.42 Å². The quantitative estimate of drug-likeness (QED) is 0.687. The Balaban J connectivity index is 1.68. The van der Waals surface area contributed by atoms with Gasteiger partial charge in [-0.05, 0) is 48.7 Å². The van der Waals surface area contributed by atoms with Crippen LogP contribution < -0.4 is 10.7 Å². The summed E-state index contributed by atoms with van der Waals surface area (Å²) >= 11 is 0. The highest BCUT2D eigenvalue weighted by Crippen LogP contribution is 2.30. The number of sulfone groups is 1.